The number of nitrogens with one attached hydrogen (secondary N) is 1. The molecule has 23 nitrogen and oxygen atoms in total. The predicted molar refractivity (Wildman–Crippen MR) is 273 cm³/mol. The zero-order chi connectivity index (χ0) is 55.4. The molecule has 3 aliphatic rings. The van der Waals surface area contributed by atoms with Gasteiger partial charge in [-0.15, -0.1) is 0 Å². The standard InChI is InChI=1S/C19H27N3O6.C15H21N3O4.C14H19N3O4.CH3F/c1-6-27-17(23)15-11-14(7-8-16(15)22(25)26)21-10-9-20(12-13(21)2)18(24)28-19(3,4)5;1-4-22-15(19)13-9-12(5-6-14(13)18(20)21)17-8-7-16(3)10-11(17)2;1-3-21-14(18)12-8-11(4-5-13(12)17(19)20)16-7-6-15-9-10(16)2;1-2/h7-8,11,13H,6,9-10,12H2,1-5H3;5-6,9,11H,4,7-8,10H2,1-3H3;4-5,8,10,15H,3,6-7,9H2,1-2H3;1H3/t13-;11-;10-;/m000./s1/i;;;1D. The fourth-order valence-electron chi connectivity index (χ4n) is 8.28. The summed E-state index contributed by atoms with van der Waals surface area (Å²) in [7, 11) is 1.06. The molecule has 6 rings (SSSR count). The molecule has 73 heavy (non-hydrogen) atoms. The Hall–Kier alpha value is -7.21. The van der Waals surface area contributed by atoms with Gasteiger partial charge in [-0.05, 0) is 106 Å². The van der Waals surface area contributed by atoms with E-state index in [0.717, 1.165) is 50.6 Å². The summed E-state index contributed by atoms with van der Waals surface area (Å²) in [6, 6.07) is 14.1. The maximum Gasteiger partial charge on any atom is 0.410 e. The number of carbonyl (C=O) groups excluding carboxylic acids is 4. The van der Waals surface area contributed by atoms with Gasteiger partial charge in [-0.25, -0.2) is 19.2 Å². The van der Waals surface area contributed by atoms with Crippen molar-refractivity contribution in [3.05, 3.63) is 102 Å². The lowest BCUT2D eigenvalue weighted by Gasteiger charge is -2.41. The van der Waals surface area contributed by atoms with Crippen LogP contribution < -0.4 is 20.0 Å². The van der Waals surface area contributed by atoms with Gasteiger partial charge < -0.3 is 48.8 Å². The Labute approximate surface area is 426 Å². The number of nitro groups is 3. The Morgan fingerprint density at radius 3 is 1.34 bits per heavy atom. The zero-order valence-corrected chi connectivity index (χ0v) is 43.3. The Morgan fingerprint density at radius 1 is 0.644 bits per heavy atom. The fraction of sp³-hybridized carbons (Fsp3) is 0.551. The van der Waals surface area contributed by atoms with Crippen molar-refractivity contribution in [3.63, 3.8) is 0 Å². The normalized spacial score (nSPS) is 17.9. The Kier molecular flexibility index (Phi) is 22.5. The molecule has 3 aliphatic heterocycles. The van der Waals surface area contributed by atoms with Crippen molar-refractivity contribution in [2.24, 2.45) is 0 Å². The monoisotopic (exact) mass is 1030 g/mol. The second kappa shape index (κ2) is 28.1. The minimum Gasteiger partial charge on any atom is -0.462 e. The number of hydrogen-bond acceptors (Lipinski definition) is 19. The van der Waals surface area contributed by atoms with E-state index in [4.69, 9.17) is 20.3 Å². The Balaban J connectivity index is 0.000000288. The van der Waals surface area contributed by atoms with Gasteiger partial charge in [0, 0.05) is 112 Å². The molecule has 3 fully saturated rings. The number of alkyl halides is 1. The molecule has 24 heteroatoms. The van der Waals surface area contributed by atoms with E-state index in [2.05, 4.69) is 40.9 Å². The highest BCUT2D eigenvalue weighted by molar-refractivity contribution is 5.96. The molecule has 0 aliphatic carbocycles. The molecule has 3 aromatic carbocycles. The van der Waals surface area contributed by atoms with Gasteiger partial charge in [0.05, 0.1) is 43.1 Å². The van der Waals surface area contributed by atoms with Crippen LogP contribution in [0.1, 0.15) is 94.8 Å². The van der Waals surface area contributed by atoms with Gasteiger partial charge in [-0.2, -0.15) is 0 Å². The third kappa shape index (κ3) is 16.9. The first-order chi connectivity index (χ1) is 34.9. The molecule has 0 aromatic heterocycles. The maximum atomic E-state index is 12.3. The highest BCUT2D eigenvalue weighted by atomic mass is 19.1. The van der Waals surface area contributed by atoms with Crippen molar-refractivity contribution in [2.45, 2.75) is 86.0 Å². The highest BCUT2D eigenvalue weighted by Crippen LogP contribution is 2.31. The van der Waals surface area contributed by atoms with Crippen LogP contribution in [0, 0.1) is 30.3 Å². The quantitative estimate of drug-likeness (QED) is 0.0808. The number of hydrogen-bond donors (Lipinski definition) is 1. The highest BCUT2D eigenvalue weighted by Gasteiger charge is 2.33. The summed E-state index contributed by atoms with van der Waals surface area (Å²) < 4.78 is 35.7. The first-order valence-electron chi connectivity index (χ1n) is 24.5. The van der Waals surface area contributed by atoms with E-state index in [1.807, 2.05) is 32.6 Å². The van der Waals surface area contributed by atoms with E-state index in [9.17, 15) is 53.9 Å². The topological polar surface area (TPSA) is 263 Å². The lowest BCUT2D eigenvalue weighted by atomic mass is 10.1. The summed E-state index contributed by atoms with van der Waals surface area (Å²) >= 11 is 0. The van der Waals surface area contributed by atoms with E-state index < -0.39 is 45.4 Å². The second-order valence-electron chi connectivity index (χ2n) is 18.1. The number of nitro benzene ring substituents is 3. The summed E-state index contributed by atoms with van der Waals surface area (Å²) in [5.74, 6) is -2.04. The van der Waals surface area contributed by atoms with Crippen LogP contribution >= 0.6 is 0 Å². The van der Waals surface area contributed by atoms with E-state index in [1.54, 1.807) is 56.0 Å². The van der Waals surface area contributed by atoms with Gasteiger partial charge in [0.2, 0.25) is 0 Å². The van der Waals surface area contributed by atoms with Gasteiger partial charge in [-0.3, -0.25) is 34.7 Å². The fourth-order valence-corrected chi connectivity index (χ4v) is 8.28. The third-order valence-electron chi connectivity index (χ3n) is 11.6. The van der Waals surface area contributed by atoms with E-state index in [0.29, 0.717) is 25.3 Å². The van der Waals surface area contributed by atoms with Crippen LogP contribution in [0.2, 0.25) is 0 Å². The van der Waals surface area contributed by atoms with Crippen LogP contribution in [0.3, 0.4) is 0 Å². The van der Waals surface area contributed by atoms with Crippen LogP contribution in [0.5, 0.6) is 0 Å². The summed E-state index contributed by atoms with van der Waals surface area (Å²) in [5.41, 5.74) is 0.930. The molecule has 1 amide bonds. The average Bonchev–Trinajstić information content (AvgIpc) is 3.34. The summed E-state index contributed by atoms with van der Waals surface area (Å²) in [4.78, 5) is 90.2. The summed E-state index contributed by atoms with van der Waals surface area (Å²) in [6.45, 7) is 23.6. The first-order valence-corrected chi connectivity index (χ1v) is 23.8. The molecule has 0 unspecified atom stereocenters. The molecule has 402 valence electrons. The molecule has 0 saturated carbocycles. The number of nitrogens with zero attached hydrogens (tertiary/aromatic N) is 8. The minimum absolute atomic E-state index is 0.00471. The number of benzene rings is 3. The van der Waals surface area contributed by atoms with Crippen molar-refractivity contribution in [1.82, 2.24) is 15.1 Å². The largest absolute Gasteiger partial charge is 0.462 e. The number of amides is 1. The van der Waals surface area contributed by atoms with Crippen molar-refractivity contribution in [1.29, 1.82) is 0 Å². The zero-order valence-electron chi connectivity index (χ0n) is 44.3. The van der Waals surface area contributed by atoms with Crippen molar-refractivity contribution >= 4 is 58.1 Å². The van der Waals surface area contributed by atoms with Gasteiger partial charge in [0.25, 0.3) is 17.1 Å². The number of likely N-dealkylation sites (N-methyl/N-ethyl adjacent to an activating group) is 1. The molecule has 3 saturated heterocycles. The SMILES string of the molecule is CCOC(=O)c1cc(N2CCN(C(=O)OC(C)(C)C)C[C@@H]2C)ccc1[N+](=O)[O-].CCOC(=O)c1cc(N2CCN(C)C[C@@H]2C)ccc1[N+](=O)[O-].CCOC(=O)c1cc(N2CCNC[C@@H]2C)ccc1[N+](=O)[O-].[2H]CF. The number of rotatable bonds is 12. The number of halogens is 1. The van der Waals surface area contributed by atoms with Gasteiger partial charge in [-0.1, -0.05) is 0 Å². The molecule has 3 atom stereocenters. The van der Waals surface area contributed by atoms with Gasteiger partial charge in [0.1, 0.15) is 22.3 Å². The van der Waals surface area contributed by atoms with E-state index in [-0.39, 0.29) is 77.8 Å². The van der Waals surface area contributed by atoms with Crippen LogP contribution in [-0.4, -0.2) is 165 Å². The number of ether oxygens (including phenoxy) is 4. The first kappa shape index (κ1) is 58.4. The molecule has 0 radical (unpaired) electrons. The molecule has 0 spiro atoms. The Bertz CT molecular complexity index is 2430. The molecular weight excluding hydrogens is 958 g/mol. The number of carbonyl (C=O) groups is 4. The van der Waals surface area contributed by atoms with Crippen LogP contribution in [-0.2, 0) is 18.9 Å². The van der Waals surface area contributed by atoms with Crippen LogP contribution in [0.4, 0.5) is 43.3 Å². The smallest absolute Gasteiger partial charge is 0.410 e. The van der Waals surface area contributed by atoms with Gasteiger partial charge >= 0.3 is 24.0 Å². The number of anilines is 3. The third-order valence-corrected chi connectivity index (χ3v) is 11.6. The van der Waals surface area contributed by atoms with Crippen LogP contribution in [0.15, 0.2) is 54.6 Å². The van der Waals surface area contributed by atoms with Crippen LogP contribution in [0.25, 0.3) is 0 Å². The van der Waals surface area contributed by atoms with Crippen molar-refractivity contribution < 1.29 is 58.7 Å². The number of esters is 3. The van der Waals surface area contributed by atoms with E-state index in [1.165, 1.54) is 24.3 Å². The Morgan fingerprint density at radius 2 is 1.01 bits per heavy atom. The molecular formula is C49H70FN9O14. The van der Waals surface area contributed by atoms with Crippen molar-refractivity contribution in [2.75, 3.05) is 108 Å². The molecule has 3 aromatic rings. The lowest BCUT2D eigenvalue weighted by molar-refractivity contribution is -0.385. The van der Waals surface area contributed by atoms with Gasteiger partial charge in [0.15, 0.2) is 0 Å². The average molecular weight is 1030 g/mol. The molecule has 1 N–H and O–H groups in total. The second-order valence-corrected chi connectivity index (χ2v) is 18.1. The lowest BCUT2D eigenvalue weighted by Crippen LogP contribution is -2.54. The predicted octanol–water partition coefficient (Wildman–Crippen LogP) is 7.28. The number of piperazine rings is 3. The van der Waals surface area contributed by atoms with Crippen molar-refractivity contribution in [3.8, 4) is 0 Å². The maximum absolute atomic E-state index is 12.3. The summed E-state index contributed by atoms with van der Waals surface area (Å²) in [5, 5.41) is 36.7. The molecule has 3 heterocycles. The minimum atomic E-state index is -1.00. The van der Waals surface area contributed by atoms with E-state index >= 15 is 0 Å². The summed E-state index contributed by atoms with van der Waals surface area (Å²) in [6.07, 6.45) is -0.366. The molecule has 0 bridgehead atoms.